The first-order chi connectivity index (χ1) is 13.5. The minimum absolute atomic E-state index is 0.157. The molecule has 0 saturated carbocycles. The summed E-state index contributed by atoms with van der Waals surface area (Å²) in [5.41, 5.74) is 3.01. The molecule has 0 aliphatic rings. The van der Waals surface area contributed by atoms with Crippen molar-refractivity contribution >= 4 is 21.9 Å². The highest BCUT2D eigenvalue weighted by Gasteiger charge is 2.10. The molecule has 3 aromatic carbocycles. The molecule has 0 atom stereocenters. The molecule has 0 unspecified atom stereocenters. The van der Waals surface area contributed by atoms with Gasteiger partial charge >= 0.3 is 5.97 Å². The highest BCUT2D eigenvalue weighted by atomic mass is 79.9. The molecule has 0 bridgehead atoms. The number of hydrogen-bond donors (Lipinski definition) is 0. The van der Waals surface area contributed by atoms with Gasteiger partial charge in [-0.2, -0.15) is 0 Å². The minimum atomic E-state index is -0.459. The summed E-state index contributed by atoms with van der Waals surface area (Å²) in [6.45, 7) is 4.20. The molecular weight excluding hydrogens is 420 g/mol. The molecule has 28 heavy (non-hydrogen) atoms. The van der Waals surface area contributed by atoms with E-state index < -0.39 is 5.97 Å². The van der Waals surface area contributed by atoms with E-state index in [0.717, 1.165) is 21.2 Å². The molecule has 3 aromatic rings. The summed E-state index contributed by atoms with van der Waals surface area (Å²) < 4.78 is 17.7. The van der Waals surface area contributed by atoms with Crippen molar-refractivity contribution in [1.82, 2.24) is 0 Å². The molecule has 5 heteroatoms. The van der Waals surface area contributed by atoms with Crippen LogP contribution in [0.5, 0.6) is 17.2 Å². The molecule has 0 aromatic heterocycles. The number of carbonyl (C=O) groups excluding carboxylic acids is 1. The molecule has 0 amide bonds. The quantitative estimate of drug-likeness (QED) is 0.352. The highest BCUT2D eigenvalue weighted by molar-refractivity contribution is 9.10. The molecule has 0 fully saturated rings. The standard InChI is InChI=1S/C23H21BrO4/c1-16-12-19(24)13-17(2)23(16)27-15-22(25)28-21-10-8-20(9-11-21)26-14-18-6-4-3-5-7-18/h3-13H,14-15H2,1-2H3. The number of benzene rings is 3. The summed E-state index contributed by atoms with van der Waals surface area (Å²) in [6, 6.07) is 20.8. The Morgan fingerprint density at radius 1 is 0.857 bits per heavy atom. The van der Waals surface area contributed by atoms with E-state index in [2.05, 4.69) is 15.9 Å². The zero-order valence-corrected chi connectivity index (χ0v) is 17.4. The third-order valence-corrected chi connectivity index (χ3v) is 4.52. The van der Waals surface area contributed by atoms with Crippen molar-refractivity contribution < 1.29 is 19.0 Å². The highest BCUT2D eigenvalue weighted by Crippen LogP contribution is 2.27. The summed E-state index contributed by atoms with van der Waals surface area (Å²) in [7, 11) is 0. The second-order valence-electron chi connectivity index (χ2n) is 6.38. The molecule has 0 saturated heterocycles. The van der Waals surface area contributed by atoms with Crippen LogP contribution in [0.4, 0.5) is 0 Å². The van der Waals surface area contributed by atoms with Crippen molar-refractivity contribution in [3.05, 3.63) is 87.9 Å². The Morgan fingerprint density at radius 2 is 1.46 bits per heavy atom. The van der Waals surface area contributed by atoms with E-state index in [1.54, 1.807) is 24.3 Å². The first-order valence-electron chi connectivity index (χ1n) is 8.88. The molecular formula is C23H21BrO4. The molecule has 144 valence electrons. The fraction of sp³-hybridized carbons (Fsp3) is 0.174. The van der Waals surface area contributed by atoms with E-state index in [4.69, 9.17) is 14.2 Å². The summed E-state index contributed by atoms with van der Waals surface area (Å²) in [4.78, 5) is 12.1. The van der Waals surface area contributed by atoms with Crippen LogP contribution in [0.15, 0.2) is 71.2 Å². The number of rotatable bonds is 7. The zero-order chi connectivity index (χ0) is 19.9. The number of esters is 1. The van der Waals surface area contributed by atoms with Crippen LogP contribution >= 0.6 is 15.9 Å². The largest absolute Gasteiger partial charge is 0.489 e. The second kappa shape index (κ2) is 9.42. The Labute approximate surface area is 173 Å². The van der Waals surface area contributed by atoms with E-state index >= 15 is 0 Å². The summed E-state index contributed by atoms with van der Waals surface area (Å²) >= 11 is 3.44. The normalized spacial score (nSPS) is 10.4. The van der Waals surface area contributed by atoms with Crippen molar-refractivity contribution in [2.24, 2.45) is 0 Å². The van der Waals surface area contributed by atoms with Gasteiger partial charge in [-0.1, -0.05) is 46.3 Å². The topological polar surface area (TPSA) is 44.8 Å². The predicted octanol–water partition coefficient (Wildman–Crippen LogP) is 5.63. The molecule has 0 spiro atoms. The van der Waals surface area contributed by atoms with E-state index in [-0.39, 0.29) is 6.61 Å². The van der Waals surface area contributed by atoms with Crippen molar-refractivity contribution in [3.63, 3.8) is 0 Å². The van der Waals surface area contributed by atoms with E-state index in [0.29, 0.717) is 23.9 Å². The molecule has 4 nitrogen and oxygen atoms in total. The minimum Gasteiger partial charge on any atom is -0.489 e. The molecule has 0 aliphatic carbocycles. The molecule has 0 heterocycles. The van der Waals surface area contributed by atoms with Crippen LogP contribution in [0, 0.1) is 13.8 Å². The SMILES string of the molecule is Cc1cc(Br)cc(C)c1OCC(=O)Oc1ccc(OCc2ccccc2)cc1. The van der Waals surface area contributed by atoms with Gasteiger partial charge in [-0.3, -0.25) is 0 Å². The Kier molecular flexibility index (Phi) is 6.71. The summed E-state index contributed by atoms with van der Waals surface area (Å²) in [5, 5.41) is 0. The Hall–Kier alpha value is -2.79. The van der Waals surface area contributed by atoms with Gasteiger partial charge in [0.15, 0.2) is 6.61 Å². The van der Waals surface area contributed by atoms with Gasteiger partial charge < -0.3 is 14.2 Å². The van der Waals surface area contributed by atoms with Crippen molar-refractivity contribution in [2.45, 2.75) is 20.5 Å². The maximum atomic E-state index is 12.1. The van der Waals surface area contributed by atoms with Crippen LogP contribution < -0.4 is 14.2 Å². The average Bonchev–Trinajstić information content (AvgIpc) is 2.67. The van der Waals surface area contributed by atoms with Crippen LogP contribution in [0.3, 0.4) is 0 Å². The van der Waals surface area contributed by atoms with Gasteiger partial charge in [-0.05, 0) is 66.9 Å². The van der Waals surface area contributed by atoms with Gasteiger partial charge in [0.05, 0.1) is 0 Å². The van der Waals surface area contributed by atoms with E-state index in [9.17, 15) is 4.79 Å². The van der Waals surface area contributed by atoms with Crippen LogP contribution in [0.1, 0.15) is 16.7 Å². The number of carbonyl (C=O) groups is 1. The van der Waals surface area contributed by atoms with Crippen LogP contribution in [0.25, 0.3) is 0 Å². The maximum Gasteiger partial charge on any atom is 0.349 e. The van der Waals surface area contributed by atoms with Gasteiger partial charge in [0.1, 0.15) is 23.9 Å². The lowest BCUT2D eigenvalue weighted by atomic mass is 10.1. The number of aryl methyl sites for hydroxylation is 2. The molecule has 0 aliphatic heterocycles. The summed E-state index contributed by atoms with van der Waals surface area (Å²) in [6.07, 6.45) is 0. The first-order valence-corrected chi connectivity index (χ1v) is 9.67. The fourth-order valence-corrected chi connectivity index (χ4v) is 3.45. The lowest BCUT2D eigenvalue weighted by molar-refractivity contribution is -0.136. The van der Waals surface area contributed by atoms with Gasteiger partial charge in [0.2, 0.25) is 0 Å². The van der Waals surface area contributed by atoms with Crippen LogP contribution in [0.2, 0.25) is 0 Å². The third-order valence-electron chi connectivity index (χ3n) is 4.06. The monoisotopic (exact) mass is 440 g/mol. The fourth-order valence-electron chi connectivity index (χ4n) is 2.76. The van der Waals surface area contributed by atoms with Crippen molar-refractivity contribution in [1.29, 1.82) is 0 Å². The Balaban J connectivity index is 1.50. The van der Waals surface area contributed by atoms with Gasteiger partial charge in [0.25, 0.3) is 0 Å². The Morgan fingerprint density at radius 3 is 2.11 bits per heavy atom. The first kappa shape index (κ1) is 20.0. The lowest BCUT2D eigenvalue weighted by Crippen LogP contribution is -2.18. The van der Waals surface area contributed by atoms with Gasteiger partial charge in [-0.25, -0.2) is 4.79 Å². The van der Waals surface area contributed by atoms with Crippen LogP contribution in [-0.4, -0.2) is 12.6 Å². The lowest BCUT2D eigenvalue weighted by Gasteiger charge is -2.12. The third kappa shape index (κ3) is 5.60. The van der Waals surface area contributed by atoms with Gasteiger partial charge in [0, 0.05) is 4.47 Å². The molecule has 0 N–H and O–H groups in total. The van der Waals surface area contributed by atoms with E-state index in [1.807, 2.05) is 56.3 Å². The smallest absolute Gasteiger partial charge is 0.349 e. The van der Waals surface area contributed by atoms with Crippen molar-refractivity contribution in [3.8, 4) is 17.2 Å². The van der Waals surface area contributed by atoms with Crippen molar-refractivity contribution in [2.75, 3.05) is 6.61 Å². The Bertz CT molecular complexity index is 914. The number of halogens is 1. The summed E-state index contributed by atoms with van der Waals surface area (Å²) in [5.74, 6) is 1.40. The predicted molar refractivity (Wildman–Crippen MR) is 112 cm³/mol. The van der Waals surface area contributed by atoms with Crippen LogP contribution in [-0.2, 0) is 11.4 Å². The zero-order valence-electron chi connectivity index (χ0n) is 15.8. The molecule has 0 radical (unpaired) electrons. The average molecular weight is 441 g/mol. The number of hydrogen-bond acceptors (Lipinski definition) is 4. The number of ether oxygens (including phenoxy) is 3. The second-order valence-corrected chi connectivity index (χ2v) is 7.29. The molecule has 3 rings (SSSR count). The van der Waals surface area contributed by atoms with Gasteiger partial charge in [-0.15, -0.1) is 0 Å². The maximum absolute atomic E-state index is 12.1. The van der Waals surface area contributed by atoms with E-state index in [1.165, 1.54) is 0 Å².